The Morgan fingerprint density at radius 3 is 2.87 bits per heavy atom. The molecule has 0 heterocycles. The summed E-state index contributed by atoms with van der Waals surface area (Å²) in [6, 6.07) is 6.42. The zero-order valence-corrected chi connectivity index (χ0v) is 9.48. The molecular weight excluding hydrogens is 262 g/mol. The van der Waals surface area contributed by atoms with Gasteiger partial charge >= 0.3 is 5.97 Å². The summed E-state index contributed by atoms with van der Waals surface area (Å²) >= 11 is 3.20. The second kappa shape index (κ2) is 4.80. The maximum absolute atomic E-state index is 10.8. The van der Waals surface area contributed by atoms with Crippen LogP contribution >= 0.6 is 15.9 Å². The van der Waals surface area contributed by atoms with Crippen LogP contribution in [-0.4, -0.2) is 17.2 Å². The highest BCUT2D eigenvalue weighted by Crippen LogP contribution is 2.24. The predicted octanol–water partition coefficient (Wildman–Crippen LogP) is 2.44. The van der Waals surface area contributed by atoms with Gasteiger partial charge in [-0.05, 0) is 25.1 Å². The Morgan fingerprint density at radius 1 is 1.67 bits per heavy atom. The highest BCUT2D eigenvalue weighted by molar-refractivity contribution is 9.10. The van der Waals surface area contributed by atoms with Crippen LogP contribution in [0, 0.1) is 11.3 Å². The Bertz CT molecular complexity index is 425. The number of hydrogen-bond acceptors (Lipinski definition) is 3. The van der Waals surface area contributed by atoms with Crippen LogP contribution in [0.2, 0.25) is 0 Å². The molecule has 1 aromatic rings. The van der Waals surface area contributed by atoms with Gasteiger partial charge in [0.1, 0.15) is 17.4 Å². The SMILES string of the molecule is CC(C#N)Oc1cc(Br)ccc1C(=O)O. The molecule has 0 aliphatic carbocycles. The Kier molecular flexibility index (Phi) is 3.69. The van der Waals surface area contributed by atoms with Crippen molar-refractivity contribution in [3.8, 4) is 11.8 Å². The summed E-state index contributed by atoms with van der Waals surface area (Å²) in [7, 11) is 0. The maximum Gasteiger partial charge on any atom is 0.339 e. The van der Waals surface area contributed by atoms with E-state index in [0.29, 0.717) is 4.47 Å². The number of aromatic carboxylic acids is 1. The molecule has 0 radical (unpaired) electrons. The molecule has 1 rings (SSSR count). The Morgan fingerprint density at radius 2 is 2.33 bits per heavy atom. The minimum atomic E-state index is -1.08. The second-order valence-corrected chi connectivity index (χ2v) is 3.75. The van der Waals surface area contributed by atoms with Crippen LogP contribution in [0.15, 0.2) is 22.7 Å². The molecule has 0 aromatic heterocycles. The maximum atomic E-state index is 10.8. The fourth-order valence-electron chi connectivity index (χ4n) is 0.987. The summed E-state index contributed by atoms with van der Waals surface area (Å²) in [4.78, 5) is 10.8. The number of rotatable bonds is 3. The van der Waals surface area contributed by atoms with Gasteiger partial charge in [-0.1, -0.05) is 15.9 Å². The molecule has 0 saturated carbocycles. The number of nitrogens with zero attached hydrogens (tertiary/aromatic N) is 1. The van der Waals surface area contributed by atoms with Crippen molar-refractivity contribution in [2.75, 3.05) is 0 Å². The van der Waals surface area contributed by atoms with E-state index in [1.807, 2.05) is 6.07 Å². The highest BCUT2D eigenvalue weighted by atomic mass is 79.9. The molecule has 0 saturated heterocycles. The van der Waals surface area contributed by atoms with Crippen molar-refractivity contribution >= 4 is 21.9 Å². The molecule has 0 aliphatic heterocycles. The standard InChI is InChI=1S/C10H8BrNO3/c1-6(5-12)15-9-4-7(11)2-3-8(9)10(13)14/h2-4,6H,1H3,(H,13,14). The third kappa shape index (κ3) is 2.96. The minimum absolute atomic E-state index is 0.0419. The monoisotopic (exact) mass is 269 g/mol. The Labute approximate surface area is 95.2 Å². The minimum Gasteiger partial charge on any atom is -0.478 e. The first-order chi connectivity index (χ1) is 7.04. The van der Waals surface area contributed by atoms with Crippen LogP contribution in [0.25, 0.3) is 0 Å². The third-order valence-electron chi connectivity index (χ3n) is 1.66. The van der Waals surface area contributed by atoms with E-state index < -0.39 is 12.1 Å². The van der Waals surface area contributed by atoms with Gasteiger partial charge in [0.15, 0.2) is 6.10 Å². The van der Waals surface area contributed by atoms with Crippen LogP contribution < -0.4 is 4.74 Å². The van der Waals surface area contributed by atoms with Crippen molar-refractivity contribution < 1.29 is 14.6 Å². The van der Waals surface area contributed by atoms with Crippen LogP contribution in [0.3, 0.4) is 0 Å². The number of benzene rings is 1. The average molecular weight is 270 g/mol. The number of carboxylic acid groups (broad SMARTS) is 1. The first kappa shape index (κ1) is 11.5. The fraction of sp³-hybridized carbons (Fsp3) is 0.200. The zero-order valence-electron chi connectivity index (χ0n) is 7.90. The van der Waals surface area contributed by atoms with Crippen LogP contribution in [-0.2, 0) is 0 Å². The molecular formula is C10H8BrNO3. The van der Waals surface area contributed by atoms with Crippen molar-refractivity contribution in [1.82, 2.24) is 0 Å². The fourth-order valence-corrected chi connectivity index (χ4v) is 1.33. The molecule has 78 valence electrons. The van der Waals surface area contributed by atoms with Crippen molar-refractivity contribution in [1.29, 1.82) is 5.26 Å². The number of hydrogen-bond donors (Lipinski definition) is 1. The van der Waals surface area contributed by atoms with Gasteiger partial charge in [-0.15, -0.1) is 0 Å². The average Bonchev–Trinajstić information content (AvgIpc) is 2.17. The number of halogens is 1. The lowest BCUT2D eigenvalue weighted by atomic mass is 10.2. The van der Waals surface area contributed by atoms with E-state index in [9.17, 15) is 4.79 Å². The van der Waals surface area contributed by atoms with Gasteiger partial charge in [-0.3, -0.25) is 0 Å². The van der Waals surface area contributed by atoms with Gasteiger partial charge in [0, 0.05) is 4.47 Å². The molecule has 1 aromatic carbocycles. The molecule has 0 aliphatic rings. The van der Waals surface area contributed by atoms with Gasteiger partial charge < -0.3 is 9.84 Å². The molecule has 0 bridgehead atoms. The van der Waals surface area contributed by atoms with E-state index in [4.69, 9.17) is 15.1 Å². The van der Waals surface area contributed by atoms with E-state index in [-0.39, 0.29) is 11.3 Å². The quantitative estimate of drug-likeness (QED) is 0.915. The smallest absolute Gasteiger partial charge is 0.339 e. The Hall–Kier alpha value is -1.54. The number of carbonyl (C=O) groups is 1. The molecule has 1 unspecified atom stereocenters. The zero-order chi connectivity index (χ0) is 11.4. The summed E-state index contributed by atoms with van der Waals surface area (Å²) in [6.45, 7) is 1.55. The molecule has 15 heavy (non-hydrogen) atoms. The van der Waals surface area contributed by atoms with Gasteiger partial charge in [0.25, 0.3) is 0 Å². The van der Waals surface area contributed by atoms with Crippen LogP contribution in [0.5, 0.6) is 5.75 Å². The van der Waals surface area contributed by atoms with Crippen molar-refractivity contribution in [3.05, 3.63) is 28.2 Å². The lowest BCUT2D eigenvalue weighted by Gasteiger charge is -2.10. The molecule has 0 fully saturated rings. The van der Waals surface area contributed by atoms with Gasteiger partial charge in [-0.2, -0.15) is 5.26 Å². The normalized spacial score (nSPS) is 11.5. The van der Waals surface area contributed by atoms with E-state index in [2.05, 4.69) is 15.9 Å². The topological polar surface area (TPSA) is 70.3 Å². The molecule has 5 heteroatoms. The van der Waals surface area contributed by atoms with E-state index in [1.54, 1.807) is 13.0 Å². The first-order valence-electron chi connectivity index (χ1n) is 4.13. The van der Waals surface area contributed by atoms with Crippen molar-refractivity contribution in [2.24, 2.45) is 0 Å². The molecule has 0 amide bonds. The summed E-state index contributed by atoms with van der Waals surface area (Å²) in [5.41, 5.74) is 0.0419. The van der Waals surface area contributed by atoms with Gasteiger partial charge in [-0.25, -0.2) is 4.79 Å². The molecule has 0 spiro atoms. The van der Waals surface area contributed by atoms with Gasteiger partial charge in [0.2, 0.25) is 0 Å². The van der Waals surface area contributed by atoms with E-state index in [0.717, 1.165) is 0 Å². The number of ether oxygens (including phenoxy) is 1. The van der Waals surface area contributed by atoms with Crippen molar-refractivity contribution in [2.45, 2.75) is 13.0 Å². The summed E-state index contributed by atoms with van der Waals surface area (Å²) in [5, 5.41) is 17.4. The van der Waals surface area contributed by atoms with Crippen molar-refractivity contribution in [3.63, 3.8) is 0 Å². The van der Waals surface area contributed by atoms with E-state index in [1.165, 1.54) is 12.1 Å². The van der Waals surface area contributed by atoms with Crippen LogP contribution in [0.4, 0.5) is 0 Å². The number of carboxylic acids is 1. The highest BCUT2D eigenvalue weighted by Gasteiger charge is 2.13. The number of nitriles is 1. The lowest BCUT2D eigenvalue weighted by Crippen LogP contribution is -2.11. The predicted molar refractivity (Wildman–Crippen MR) is 56.8 cm³/mol. The molecule has 1 atom stereocenters. The summed E-state index contributed by atoms with van der Waals surface area (Å²) in [6.07, 6.45) is -0.683. The van der Waals surface area contributed by atoms with Crippen LogP contribution in [0.1, 0.15) is 17.3 Å². The summed E-state index contributed by atoms with van der Waals surface area (Å²) in [5.74, 6) is -0.895. The third-order valence-corrected chi connectivity index (χ3v) is 2.15. The molecule has 4 nitrogen and oxygen atoms in total. The van der Waals surface area contributed by atoms with Gasteiger partial charge in [0.05, 0.1) is 0 Å². The second-order valence-electron chi connectivity index (χ2n) is 2.83. The van der Waals surface area contributed by atoms with E-state index >= 15 is 0 Å². The molecule has 1 N–H and O–H groups in total. The largest absolute Gasteiger partial charge is 0.478 e. The lowest BCUT2D eigenvalue weighted by molar-refractivity contribution is 0.0691. The first-order valence-corrected chi connectivity index (χ1v) is 4.93. The Balaban J connectivity index is 3.08. The summed E-state index contributed by atoms with van der Waals surface area (Å²) < 4.78 is 5.87.